The van der Waals surface area contributed by atoms with Crippen molar-refractivity contribution in [3.63, 3.8) is 0 Å². The quantitative estimate of drug-likeness (QED) is 0.446. The topological polar surface area (TPSA) is 105 Å². The van der Waals surface area contributed by atoms with Crippen LogP contribution in [0.5, 0.6) is 0 Å². The Morgan fingerprint density at radius 2 is 1.97 bits per heavy atom. The standard InChI is InChI=1S/C22H28N4O4S2/c1-15-13-17(14-19(16(15)2)32(28,29)26(3)4)22(27)23-11-7-5-6-10-20-24-21(25-30-20)18-9-8-12-31-18/h8-9,12-14H,5-7,10-11H2,1-4H3,(H,23,27). The van der Waals surface area contributed by atoms with Crippen molar-refractivity contribution in [2.45, 2.75) is 44.4 Å². The minimum atomic E-state index is -3.62. The molecule has 10 heteroatoms. The van der Waals surface area contributed by atoms with E-state index in [0.717, 1.165) is 34.0 Å². The lowest BCUT2D eigenvalue weighted by molar-refractivity contribution is 0.0952. The van der Waals surface area contributed by atoms with Crippen LogP contribution in [0.25, 0.3) is 10.7 Å². The number of nitrogens with zero attached hydrogens (tertiary/aromatic N) is 3. The van der Waals surface area contributed by atoms with Crippen molar-refractivity contribution in [3.05, 3.63) is 52.2 Å². The number of rotatable bonds is 10. The number of aromatic nitrogens is 2. The van der Waals surface area contributed by atoms with E-state index in [4.69, 9.17) is 4.52 Å². The van der Waals surface area contributed by atoms with Crippen molar-refractivity contribution in [1.82, 2.24) is 19.8 Å². The molecule has 8 nitrogen and oxygen atoms in total. The van der Waals surface area contributed by atoms with Gasteiger partial charge in [-0.3, -0.25) is 4.79 Å². The van der Waals surface area contributed by atoms with Gasteiger partial charge in [-0.1, -0.05) is 17.6 Å². The molecule has 1 aromatic carbocycles. The number of benzene rings is 1. The maximum Gasteiger partial charge on any atom is 0.251 e. The van der Waals surface area contributed by atoms with Crippen LogP contribution in [-0.2, 0) is 16.4 Å². The van der Waals surface area contributed by atoms with Gasteiger partial charge >= 0.3 is 0 Å². The molecule has 2 heterocycles. The van der Waals surface area contributed by atoms with Crippen LogP contribution < -0.4 is 5.32 Å². The number of aryl methyl sites for hydroxylation is 2. The molecule has 1 amide bonds. The average Bonchev–Trinajstić information content (AvgIpc) is 3.43. The molecule has 0 fully saturated rings. The molecular weight excluding hydrogens is 448 g/mol. The molecule has 0 unspecified atom stereocenters. The van der Waals surface area contributed by atoms with Gasteiger partial charge in [0.05, 0.1) is 9.77 Å². The van der Waals surface area contributed by atoms with E-state index in [1.165, 1.54) is 20.2 Å². The lowest BCUT2D eigenvalue weighted by Gasteiger charge is -2.16. The lowest BCUT2D eigenvalue weighted by Crippen LogP contribution is -2.27. The Kier molecular flexibility index (Phi) is 7.81. The molecule has 1 N–H and O–H groups in total. The van der Waals surface area contributed by atoms with Crippen molar-refractivity contribution >= 4 is 27.3 Å². The Hall–Kier alpha value is -2.56. The van der Waals surface area contributed by atoms with Gasteiger partial charge in [0.25, 0.3) is 5.91 Å². The SMILES string of the molecule is Cc1cc(C(=O)NCCCCCc2nc(-c3cccs3)no2)cc(S(=O)(=O)N(C)C)c1C. The minimum absolute atomic E-state index is 0.161. The molecule has 0 saturated carbocycles. The summed E-state index contributed by atoms with van der Waals surface area (Å²) in [5, 5.41) is 8.85. The first-order valence-corrected chi connectivity index (χ1v) is 12.7. The molecule has 172 valence electrons. The summed E-state index contributed by atoms with van der Waals surface area (Å²) >= 11 is 1.57. The Balaban J connectivity index is 1.48. The predicted molar refractivity (Wildman–Crippen MR) is 124 cm³/mol. The van der Waals surface area contributed by atoms with Crippen LogP contribution in [0.1, 0.15) is 46.6 Å². The molecule has 0 saturated heterocycles. The fourth-order valence-electron chi connectivity index (χ4n) is 3.17. The highest BCUT2D eigenvalue weighted by molar-refractivity contribution is 7.89. The number of carbonyl (C=O) groups is 1. The maximum absolute atomic E-state index is 12.6. The van der Waals surface area contributed by atoms with Crippen LogP contribution in [0, 0.1) is 13.8 Å². The molecule has 32 heavy (non-hydrogen) atoms. The molecule has 0 bridgehead atoms. The zero-order valence-corrected chi connectivity index (χ0v) is 20.3. The zero-order valence-electron chi connectivity index (χ0n) is 18.7. The summed E-state index contributed by atoms with van der Waals surface area (Å²) in [5.41, 5.74) is 1.76. The van der Waals surface area contributed by atoms with E-state index < -0.39 is 10.0 Å². The molecule has 0 radical (unpaired) electrons. The molecule has 2 aromatic heterocycles. The fourth-order valence-corrected chi connectivity index (χ4v) is 5.03. The van der Waals surface area contributed by atoms with Crippen LogP contribution in [0.3, 0.4) is 0 Å². The monoisotopic (exact) mass is 476 g/mol. The fraction of sp³-hybridized carbons (Fsp3) is 0.409. The minimum Gasteiger partial charge on any atom is -0.352 e. The van der Waals surface area contributed by atoms with Crippen LogP contribution in [-0.4, -0.2) is 49.4 Å². The first kappa shape index (κ1) is 24.1. The van der Waals surface area contributed by atoms with Crippen molar-refractivity contribution < 1.29 is 17.7 Å². The number of sulfonamides is 1. The van der Waals surface area contributed by atoms with Gasteiger partial charge in [0, 0.05) is 32.6 Å². The molecule has 0 aliphatic heterocycles. The van der Waals surface area contributed by atoms with E-state index in [0.29, 0.717) is 35.8 Å². The zero-order chi connectivity index (χ0) is 23.3. The normalized spacial score (nSPS) is 11.8. The predicted octanol–water partition coefficient (Wildman–Crippen LogP) is 3.81. The van der Waals surface area contributed by atoms with E-state index in [-0.39, 0.29) is 10.8 Å². The van der Waals surface area contributed by atoms with Crippen LogP contribution in [0.2, 0.25) is 0 Å². The van der Waals surface area contributed by atoms with Crippen molar-refractivity contribution in [1.29, 1.82) is 0 Å². The Morgan fingerprint density at radius 1 is 1.19 bits per heavy atom. The lowest BCUT2D eigenvalue weighted by atomic mass is 10.1. The highest BCUT2D eigenvalue weighted by Crippen LogP contribution is 2.24. The van der Waals surface area contributed by atoms with Gasteiger partial charge in [0.1, 0.15) is 0 Å². The van der Waals surface area contributed by atoms with E-state index in [2.05, 4.69) is 15.5 Å². The van der Waals surface area contributed by atoms with Crippen molar-refractivity contribution in [2.24, 2.45) is 0 Å². The Morgan fingerprint density at radius 3 is 2.66 bits per heavy atom. The van der Waals surface area contributed by atoms with Gasteiger partial charge in [-0.2, -0.15) is 4.98 Å². The molecule has 3 aromatic rings. The summed E-state index contributed by atoms with van der Waals surface area (Å²) in [4.78, 5) is 18.1. The van der Waals surface area contributed by atoms with Gasteiger partial charge in [-0.05, 0) is 61.4 Å². The van der Waals surface area contributed by atoms with Crippen LogP contribution in [0.4, 0.5) is 0 Å². The summed E-state index contributed by atoms with van der Waals surface area (Å²) in [5.74, 6) is 0.953. The highest BCUT2D eigenvalue weighted by atomic mass is 32.2. The molecule has 0 aliphatic carbocycles. The second-order valence-electron chi connectivity index (χ2n) is 7.76. The van der Waals surface area contributed by atoms with Gasteiger partial charge in [0.15, 0.2) is 0 Å². The molecule has 3 rings (SSSR count). The van der Waals surface area contributed by atoms with Crippen LogP contribution >= 0.6 is 11.3 Å². The number of hydrogen-bond acceptors (Lipinski definition) is 7. The van der Waals surface area contributed by atoms with Gasteiger partial charge in [-0.25, -0.2) is 12.7 Å². The first-order valence-electron chi connectivity index (χ1n) is 10.4. The molecular formula is C22H28N4O4S2. The third-order valence-electron chi connectivity index (χ3n) is 5.20. The van der Waals surface area contributed by atoms with Crippen molar-refractivity contribution in [3.8, 4) is 10.7 Å². The van der Waals surface area contributed by atoms with E-state index in [1.807, 2.05) is 24.4 Å². The number of carbonyl (C=O) groups excluding carboxylic acids is 1. The Labute approximate surface area is 192 Å². The Bertz CT molecular complexity index is 1170. The van der Waals surface area contributed by atoms with E-state index in [1.54, 1.807) is 24.3 Å². The van der Waals surface area contributed by atoms with Gasteiger partial charge in [0.2, 0.25) is 21.7 Å². The van der Waals surface area contributed by atoms with Gasteiger partial charge < -0.3 is 9.84 Å². The third-order valence-corrected chi connectivity index (χ3v) is 8.01. The molecule has 0 aliphatic rings. The number of hydrogen-bond donors (Lipinski definition) is 1. The van der Waals surface area contributed by atoms with E-state index in [9.17, 15) is 13.2 Å². The van der Waals surface area contributed by atoms with Crippen molar-refractivity contribution in [2.75, 3.05) is 20.6 Å². The highest BCUT2D eigenvalue weighted by Gasteiger charge is 2.22. The number of nitrogens with one attached hydrogen (secondary N) is 1. The summed E-state index contributed by atoms with van der Waals surface area (Å²) in [6, 6.07) is 7.08. The van der Waals surface area contributed by atoms with Crippen LogP contribution in [0.15, 0.2) is 39.1 Å². The third kappa shape index (κ3) is 5.62. The number of amides is 1. The smallest absolute Gasteiger partial charge is 0.251 e. The van der Waals surface area contributed by atoms with E-state index >= 15 is 0 Å². The summed E-state index contributed by atoms with van der Waals surface area (Å²) in [7, 11) is -0.663. The first-order chi connectivity index (χ1) is 15.2. The summed E-state index contributed by atoms with van der Waals surface area (Å²) in [6.45, 7) is 4.06. The molecule has 0 atom stereocenters. The number of thiophene rings is 1. The van der Waals surface area contributed by atoms with Gasteiger partial charge in [-0.15, -0.1) is 11.3 Å². The molecule has 0 spiro atoms. The average molecular weight is 477 g/mol. The second kappa shape index (κ2) is 10.4. The summed E-state index contributed by atoms with van der Waals surface area (Å²) < 4.78 is 31.6. The summed E-state index contributed by atoms with van der Waals surface area (Å²) in [6.07, 6.45) is 3.25. The number of unbranched alkanes of at least 4 members (excludes halogenated alkanes) is 2. The second-order valence-corrected chi connectivity index (χ2v) is 10.8. The largest absolute Gasteiger partial charge is 0.352 e. The maximum atomic E-state index is 12.6.